The van der Waals surface area contributed by atoms with E-state index in [0.717, 1.165) is 11.6 Å². The van der Waals surface area contributed by atoms with E-state index in [9.17, 15) is 4.39 Å². The Balaban J connectivity index is 2.75. The first-order chi connectivity index (χ1) is 7.17. The first-order valence-corrected chi connectivity index (χ1v) is 4.69. The fourth-order valence-corrected chi connectivity index (χ4v) is 0.974. The van der Waals surface area contributed by atoms with Crippen LogP contribution in [-0.2, 0) is 0 Å². The van der Waals surface area contributed by atoms with Crippen LogP contribution in [-0.4, -0.2) is 6.61 Å². The van der Waals surface area contributed by atoms with Gasteiger partial charge in [-0.15, -0.1) is 0 Å². The summed E-state index contributed by atoms with van der Waals surface area (Å²) >= 11 is 5.43. The first-order valence-electron chi connectivity index (χ1n) is 4.25. The zero-order valence-corrected chi connectivity index (χ0v) is 8.88. The molecule has 0 unspecified atom stereocenters. The third kappa shape index (κ3) is 3.26. The highest BCUT2D eigenvalue weighted by Gasteiger charge is 2.04. The smallest absolute Gasteiger partial charge is 0.166 e. The summed E-state index contributed by atoms with van der Waals surface area (Å²) in [7, 11) is 0. The third-order valence-electron chi connectivity index (χ3n) is 1.70. The van der Waals surface area contributed by atoms with Crippen molar-refractivity contribution < 1.29 is 9.13 Å². The number of rotatable bonds is 3. The lowest BCUT2D eigenvalue weighted by molar-refractivity contribution is 0.332. The summed E-state index contributed by atoms with van der Waals surface area (Å²) in [5.41, 5.74) is 2.44. The Bertz CT molecular complexity index is 423. The van der Waals surface area contributed by atoms with Gasteiger partial charge in [-0.25, -0.2) is 4.39 Å². The van der Waals surface area contributed by atoms with Crippen molar-refractivity contribution in [3.05, 3.63) is 40.7 Å². The molecule has 0 aromatic heterocycles. The van der Waals surface area contributed by atoms with Crippen LogP contribution < -0.4 is 4.74 Å². The number of hydrogen-bond acceptors (Lipinski definition) is 2. The molecule has 0 aliphatic heterocycles. The number of ether oxygens (including phenoxy) is 1. The lowest BCUT2D eigenvalue weighted by atomic mass is 10.2. The van der Waals surface area contributed by atoms with Gasteiger partial charge in [0.15, 0.2) is 11.6 Å². The van der Waals surface area contributed by atoms with E-state index >= 15 is 0 Å². The van der Waals surface area contributed by atoms with E-state index < -0.39 is 5.82 Å². The second kappa shape index (κ2) is 5.38. The van der Waals surface area contributed by atoms with Crippen LogP contribution in [0.2, 0.25) is 0 Å². The van der Waals surface area contributed by atoms with Crippen LogP contribution in [0, 0.1) is 17.1 Å². The molecule has 78 valence electrons. The van der Waals surface area contributed by atoms with Gasteiger partial charge in [0.1, 0.15) is 6.61 Å². The molecule has 0 saturated heterocycles. The molecule has 0 N–H and O–H groups in total. The molecule has 0 radical (unpaired) electrons. The van der Waals surface area contributed by atoms with Gasteiger partial charge in [-0.2, -0.15) is 5.26 Å². The molecule has 0 saturated carbocycles. The maximum Gasteiger partial charge on any atom is 0.166 e. The first kappa shape index (κ1) is 11.5. The minimum Gasteiger partial charge on any atom is -0.486 e. The molecule has 4 heteroatoms. The Kier molecular flexibility index (Phi) is 4.14. The molecular weight excluding hydrogens is 217 g/mol. The summed E-state index contributed by atoms with van der Waals surface area (Å²) in [6, 6.07) is 5.90. The topological polar surface area (TPSA) is 33.0 Å². The van der Waals surface area contributed by atoms with Gasteiger partial charge in [0, 0.05) is 5.54 Å². The number of nitriles is 1. The predicted octanol–water partition coefficient (Wildman–Crippen LogP) is 3.22. The van der Waals surface area contributed by atoms with E-state index in [1.807, 2.05) is 6.07 Å². The Morgan fingerprint density at radius 3 is 2.93 bits per heavy atom. The van der Waals surface area contributed by atoms with Gasteiger partial charge in [0.2, 0.25) is 0 Å². The minimum absolute atomic E-state index is 0.117. The Morgan fingerprint density at radius 1 is 1.67 bits per heavy atom. The number of hydrogen-bond donors (Lipinski definition) is 0. The van der Waals surface area contributed by atoms with Gasteiger partial charge < -0.3 is 4.74 Å². The van der Waals surface area contributed by atoms with Crippen molar-refractivity contribution >= 4 is 11.6 Å². The van der Waals surface area contributed by atoms with Crippen molar-refractivity contribution in [1.29, 1.82) is 5.26 Å². The van der Waals surface area contributed by atoms with Crippen molar-refractivity contribution in [2.45, 2.75) is 6.92 Å². The zero-order chi connectivity index (χ0) is 11.3. The van der Waals surface area contributed by atoms with Gasteiger partial charge in [0.25, 0.3) is 0 Å². The molecule has 0 amide bonds. The predicted molar refractivity (Wildman–Crippen MR) is 56.2 cm³/mol. The molecular formula is C11H9ClFNO. The van der Waals surface area contributed by atoms with Crippen molar-refractivity contribution in [2.75, 3.05) is 6.61 Å². The SMILES string of the molecule is C/C(=C/Cl)COc1ccc(C#N)cc1F. The molecule has 1 aromatic carbocycles. The summed E-state index contributed by atoms with van der Waals surface area (Å²) < 4.78 is 18.4. The van der Waals surface area contributed by atoms with Crippen molar-refractivity contribution in [1.82, 2.24) is 0 Å². The van der Waals surface area contributed by atoms with E-state index in [0.29, 0.717) is 0 Å². The number of benzene rings is 1. The molecule has 0 fully saturated rings. The van der Waals surface area contributed by atoms with Crippen LogP contribution in [0.5, 0.6) is 5.75 Å². The summed E-state index contributed by atoms with van der Waals surface area (Å²) in [5.74, 6) is -0.428. The second-order valence-electron chi connectivity index (χ2n) is 3.00. The molecule has 15 heavy (non-hydrogen) atoms. The van der Waals surface area contributed by atoms with Crippen molar-refractivity contribution in [2.24, 2.45) is 0 Å². The summed E-state index contributed by atoms with van der Waals surface area (Å²) in [4.78, 5) is 0. The fraction of sp³-hybridized carbons (Fsp3) is 0.182. The lowest BCUT2D eigenvalue weighted by Gasteiger charge is -2.06. The number of nitrogens with zero attached hydrogens (tertiary/aromatic N) is 1. The molecule has 0 aliphatic rings. The average Bonchev–Trinajstić information content (AvgIpc) is 2.26. The van der Waals surface area contributed by atoms with E-state index in [1.54, 1.807) is 6.92 Å². The van der Waals surface area contributed by atoms with E-state index in [2.05, 4.69) is 0 Å². The molecule has 0 atom stereocenters. The van der Waals surface area contributed by atoms with Gasteiger partial charge in [-0.3, -0.25) is 0 Å². The number of halogens is 2. The molecule has 1 rings (SSSR count). The van der Waals surface area contributed by atoms with Gasteiger partial charge in [-0.1, -0.05) is 11.6 Å². The Morgan fingerprint density at radius 2 is 2.40 bits per heavy atom. The highest BCUT2D eigenvalue weighted by Crippen LogP contribution is 2.18. The van der Waals surface area contributed by atoms with Crippen LogP contribution >= 0.6 is 11.6 Å². The molecule has 0 heterocycles. The molecule has 2 nitrogen and oxygen atoms in total. The van der Waals surface area contributed by atoms with Gasteiger partial charge in [0.05, 0.1) is 11.6 Å². The lowest BCUT2D eigenvalue weighted by Crippen LogP contribution is -2.00. The maximum absolute atomic E-state index is 13.3. The summed E-state index contributed by atoms with van der Waals surface area (Å²) in [6.45, 7) is 2.00. The van der Waals surface area contributed by atoms with Crippen LogP contribution in [0.1, 0.15) is 12.5 Å². The quantitative estimate of drug-likeness (QED) is 0.791. The molecule has 0 spiro atoms. The third-order valence-corrected chi connectivity index (χ3v) is 2.08. The molecule has 0 bridgehead atoms. The fourth-order valence-electron chi connectivity index (χ4n) is 0.911. The van der Waals surface area contributed by atoms with Gasteiger partial charge in [-0.05, 0) is 30.7 Å². The van der Waals surface area contributed by atoms with Crippen LogP contribution in [0.3, 0.4) is 0 Å². The molecule has 1 aromatic rings. The summed E-state index contributed by atoms with van der Waals surface area (Å²) in [5, 5.41) is 8.53. The Hall–Kier alpha value is -1.53. The monoisotopic (exact) mass is 225 g/mol. The normalized spacial score (nSPS) is 10.9. The average molecular weight is 226 g/mol. The van der Waals surface area contributed by atoms with Crippen LogP contribution in [0.25, 0.3) is 0 Å². The Labute approximate surface area is 92.5 Å². The molecule has 0 aliphatic carbocycles. The van der Waals surface area contributed by atoms with Crippen LogP contribution in [0.15, 0.2) is 29.3 Å². The van der Waals surface area contributed by atoms with Crippen molar-refractivity contribution in [3.8, 4) is 11.8 Å². The summed E-state index contributed by atoms with van der Waals surface area (Å²) in [6.07, 6.45) is 0. The van der Waals surface area contributed by atoms with Crippen LogP contribution in [0.4, 0.5) is 4.39 Å². The van der Waals surface area contributed by atoms with Crippen molar-refractivity contribution in [3.63, 3.8) is 0 Å². The maximum atomic E-state index is 13.3. The van der Waals surface area contributed by atoms with E-state index in [4.69, 9.17) is 21.6 Å². The highest BCUT2D eigenvalue weighted by molar-refractivity contribution is 6.25. The minimum atomic E-state index is -0.545. The standard InChI is InChI=1S/C11H9ClFNO/c1-8(5-12)7-15-11-3-2-9(6-14)4-10(11)13/h2-5H,7H2,1H3/b8-5-. The van der Waals surface area contributed by atoms with Gasteiger partial charge >= 0.3 is 0 Å². The second-order valence-corrected chi connectivity index (χ2v) is 3.22. The highest BCUT2D eigenvalue weighted by atomic mass is 35.5. The largest absolute Gasteiger partial charge is 0.486 e. The van der Waals surface area contributed by atoms with E-state index in [-0.39, 0.29) is 17.9 Å². The zero-order valence-electron chi connectivity index (χ0n) is 8.13. The van der Waals surface area contributed by atoms with E-state index in [1.165, 1.54) is 17.7 Å².